The maximum atomic E-state index is 12.8. The summed E-state index contributed by atoms with van der Waals surface area (Å²) in [5.41, 5.74) is 2.14. The Morgan fingerprint density at radius 3 is 2.48 bits per heavy atom. The molecule has 0 aliphatic carbocycles. The van der Waals surface area contributed by atoms with Crippen LogP contribution in [0.15, 0.2) is 66.1 Å². The van der Waals surface area contributed by atoms with Crippen molar-refractivity contribution in [3.8, 4) is 5.75 Å². The molecule has 1 aromatic heterocycles. The Hall–Kier alpha value is -3.20. The normalized spacial score (nSPS) is 14.9. The van der Waals surface area contributed by atoms with E-state index >= 15 is 0 Å². The van der Waals surface area contributed by atoms with E-state index < -0.39 is 15.1 Å². The lowest BCUT2D eigenvalue weighted by atomic mass is 10.1. The second-order valence-electron chi connectivity index (χ2n) is 8.27. The summed E-state index contributed by atoms with van der Waals surface area (Å²) in [6.45, 7) is 1.36. The highest BCUT2D eigenvalue weighted by atomic mass is 32.2. The fraction of sp³-hybridized carbons (Fsp3) is 0.375. The summed E-state index contributed by atoms with van der Waals surface area (Å²) in [7, 11) is -1.93. The predicted octanol–water partition coefficient (Wildman–Crippen LogP) is 2.79. The molecule has 1 aliphatic rings. The zero-order valence-corrected chi connectivity index (χ0v) is 19.4. The van der Waals surface area contributed by atoms with Gasteiger partial charge in [0.1, 0.15) is 18.7 Å². The van der Waals surface area contributed by atoms with E-state index in [1.807, 2.05) is 54.6 Å². The first kappa shape index (κ1) is 23.0. The third-order valence-corrected chi connectivity index (χ3v) is 8.16. The number of piperidine rings is 1. The first-order chi connectivity index (χ1) is 15.9. The van der Waals surface area contributed by atoms with E-state index in [1.165, 1.54) is 10.9 Å². The molecule has 1 fully saturated rings. The lowest BCUT2D eigenvalue weighted by Crippen LogP contribution is -2.43. The van der Waals surface area contributed by atoms with Crippen molar-refractivity contribution in [3.05, 3.63) is 72.1 Å². The van der Waals surface area contributed by atoms with Crippen LogP contribution in [0.3, 0.4) is 0 Å². The summed E-state index contributed by atoms with van der Waals surface area (Å²) in [6.07, 6.45) is 3.18. The van der Waals surface area contributed by atoms with Gasteiger partial charge >= 0.3 is 0 Å². The van der Waals surface area contributed by atoms with Gasteiger partial charge in [-0.25, -0.2) is 8.42 Å². The molecule has 2 heterocycles. The SMILES string of the molecule is Cn1cnnc1S(=O)(=O)C1CCN(C(=O)CCc2cccc(OCc3ccccc3)c2)CC1. The molecule has 0 radical (unpaired) electrons. The summed E-state index contributed by atoms with van der Waals surface area (Å²) in [6, 6.07) is 17.8. The van der Waals surface area contributed by atoms with Crippen LogP contribution in [0.5, 0.6) is 5.75 Å². The number of carbonyl (C=O) groups is 1. The number of aryl methyl sites for hydroxylation is 2. The zero-order chi connectivity index (χ0) is 23.3. The minimum absolute atomic E-state index is 0.0124. The smallest absolute Gasteiger partial charge is 0.249 e. The van der Waals surface area contributed by atoms with Crippen molar-refractivity contribution in [3.63, 3.8) is 0 Å². The molecule has 0 saturated carbocycles. The molecular weight excluding hydrogens is 440 g/mol. The zero-order valence-electron chi connectivity index (χ0n) is 18.6. The van der Waals surface area contributed by atoms with Gasteiger partial charge in [0.15, 0.2) is 0 Å². The highest BCUT2D eigenvalue weighted by Gasteiger charge is 2.35. The van der Waals surface area contributed by atoms with Crippen molar-refractivity contribution in [1.29, 1.82) is 0 Å². The monoisotopic (exact) mass is 468 g/mol. The molecule has 0 atom stereocenters. The molecule has 1 saturated heterocycles. The van der Waals surface area contributed by atoms with Crippen LogP contribution in [0.1, 0.15) is 30.4 Å². The van der Waals surface area contributed by atoms with Crippen molar-refractivity contribution >= 4 is 15.7 Å². The quantitative estimate of drug-likeness (QED) is 0.505. The van der Waals surface area contributed by atoms with E-state index in [2.05, 4.69) is 10.2 Å². The second-order valence-corrected chi connectivity index (χ2v) is 10.4. The molecule has 4 rings (SSSR count). The summed E-state index contributed by atoms with van der Waals surface area (Å²) in [5.74, 6) is 0.818. The van der Waals surface area contributed by atoms with Gasteiger partial charge < -0.3 is 14.2 Å². The standard InChI is InChI=1S/C24H28N4O4S/c1-27-18-25-26-24(27)33(30,31)22-12-14-28(15-13-22)23(29)11-10-19-8-5-9-21(16-19)32-17-20-6-3-2-4-7-20/h2-9,16,18,22H,10-15,17H2,1H3. The average Bonchev–Trinajstić information content (AvgIpc) is 3.29. The van der Waals surface area contributed by atoms with Gasteiger partial charge in [-0.2, -0.15) is 0 Å². The second kappa shape index (κ2) is 10.2. The van der Waals surface area contributed by atoms with Crippen molar-refractivity contribution in [2.75, 3.05) is 13.1 Å². The molecule has 8 nitrogen and oxygen atoms in total. The Morgan fingerprint density at radius 1 is 1.06 bits per heavy atom. The fourth-order valence-electron chi connectivity index (χ4n) is 4.04. The Bertz CT molecular complexity index is 1190. The maximum absolute atomic E-state index is 12.8. The Kier molecular flexibility index (Phi) is 7.08. The van der Waals surface area contributed by atoms with E-state index in [9.17, 15) is 13.2 Å². The topological polar surface area (TPSA) is 94.4 Å². The van der Waals surface area contributed by atoms with Gasteiger partial charge in [0.25, 0.3) is 0 Å². The van der Waals surface area contributed by atoms with E-state index in [-0.39, 0.29) is 11.1 Å². The molecule has 0 spiro atoms. The van der Waals surface area contributed by atoms with E-state index in [0.29, 0.717) is 45.4 Å². The summed E-state index contributed by atoms with van der Waals surface area (Å²) in [4.78, 5) is 14.5. The molecule has 1 aliphatic heterocycles. The largest absolute Gasteiger partial charge is 0.489 e. The molecule has 0 unspecified atom stereocenters. The highest BCUT2D eigenvalue weighted by Crippen LogP contribution is 2.24. The first-order valence-corrected chi connectivity index (χ1v) is 12.6. The van der Waals surface area contributed by atoms with Gasteiger partial charge in [0.2, 0.25) is 20.9 Å². The van der Waals surface area contributed by atoms with E-state index in [1.54, 1.807) is 11.9 Å². The van der Waals surface area contributed by atoms with Gasteiger partial charge in [-0.15, -0.1) is 10.2 Å². The number of rotatable bonds is 8. The van der Waals surface area contributed by atoms with Gasteiger partial charge in [-0.1, -0.05) is 42.5 Å². The summed E-state index contributed by atoms with van der Waals surface area (Å²) in [5, 5.41) is 6.87. The number of aromatic nitrogens is 3. The van der Waals surface area contributed by atoms with Crippen LogP contribution < -0.4 is 4.74 Å². The number of hydrogen-bond donors (Lipinski definition) is 0. The molecule has 0 N–H and O–H groups in total. The number of likely N-dealkylation sites (tertiary alicyclic amines) is 1. The molecule has 33 heavy (non-hydrogen) atoms. The van der Waals surface area contributed by atoms with E-state index in [0.717, 1.165) is 16.9 Å². The number of amides is 1. The molecule has 1 amide bonds. The maximum Gasteiger partial charge on any atom is 0.249 e. The number of nitrogens with zero attached hydrogens (tertiary/aromatic N) is 4. The fourth-order valence-corrected chi connectivity index (χ4v) is 5.77. The predicted molar refractivity (Wildman–Crippen MR) is 123 cm³/mol. The third kappa shape index (κ3) is 5.60. The van der Waals surface area contributed by atoms with Gasteiger partial charge in [-0.3, -0.25) is 4.79 Å². The van der Waals surface area contributed by atoms with Crippen LogP contribution in [0.2, 0.25) is 0 Å². The van der Waals surface area contributed by atoms with Crippen molar-refractivity contribution < 1.29 is 17.9 Å². The van der Waals surface area contributed by atoms with E-state index in [4.69, 9.17) is 4.74 Å². The molecule has 2 aromatic carbocycles. The minimum atomic E-state index is -3.55. The lowest BCUT2D eigenvalue weighted by molar-refractivity contribution is -0.132. The summed E-state index contributed by atoms with van der Waals surface area (Å²) < 4.78 is 32.9. The Morgan fingerprint density at radius 2 is 1.79 bits per heavy atom. The number of benzene rings is 2. The van der Waals surface area contributed by atoms with Crippen molar-refractivity contribution in [2.24, 2.45) is 7.05 Å². The van der Waals surface area contributed by atoms with Gasteiger partial charge in [0, 0.05) is 26.6 Å². The molecular formula is C24H28N4O4S. The molecule has 9 heteroatoms. The lowest BCUT2D eigenvalue weighted by Gasteiger charge is -2.31. The van der Waals surface area contributed by atoms with Crippen LogP contribution in [0.25, 0.3) is 0 Å². The average molecular weight is 469 g/mol. The highest BCUT2D eigenvalue weighted by molar-refractivity contribution is 7.91. The molecule has 3 aromatic rings. The Balaban J connectivity index is 1.26. The van der Waals surface area contributed by atoms with Crippen molar-refractivity contribution in [2.45, 2.75) is 42.7 Å². The van der Waals surface area contributed by atoms with Gasteiger partial charge in [-0.05, 0) is 42.5 Å². The minimum Gasteiger partial charge on any atom is -0.489 e. The van der Waals surface area contributed by atoms with Crippen LogP contribution >= 0.6 is 0 Å². The van der Waals surface area contributed by atoms with Crippen molar-refractivity contribution in [1.82, 2.24) is 19.7 Å². The molecule has 0 bridgehead atoms. The third-order valence-electron chi connectivity index (χ3n) is 5.93. The number of ether oxygens (including phenoxy) is 1. The number of carbonyl (C=O) groups excluding carboxylic acids is 1. The summed E-state index contributed by atoms with van der Waals surface area (Å²) >= 11 is 0. The number of hydrogen-bond acceptors (Lipinski definition) is 6. The Labute approximate surface area is 194 Å². The first-order valence-electron chi connectivity index (χ1n) is 11.0. The number of sulfone groups is 1. The van der Waals surface area contributed by atoms with Crippen LogP contribution in [-0.2, 0) is 34.7 Å². The van der Waals surface area contributed by atoms with Crippen LogP contribution in [0.4, 0.5) is 0 Å². The van der Waals surface area contributed by atoms with Gasteiger partial charge in [0.05, 0.1) is 5.25 Å². The van der Waals surface area contributed by atoms with Crippen LogP contribution in [0, 0.1) is 0 Å². The van der Waals surface area contributed by atoms with Crippen LogP contribution in [-0.4, -0.2) is 52.3 Å². The molecule has 174 valence electrons.